The van der Waals surface area contributed by atoms with Gasteiger partial charge in [-0.25, -0.2) is 0 Å². The van der Waals surface area contributed by atoms with Gasteiger partial charge in [0.1, 0.15) is 5.75 Å². The maximum atomic E-state index is 6.29. The minimum atomic E-state index is 0.0237. The number of aryl methyl sites for hydroxylation is 2. The Bertz CT molecular complexity index is 817. The van der Waals surface area contributed by atoms with Crippen LogP contribution in [0.1, 0.15) is 41.1 Å². The van der Waals surface area contributed by atoms with Gasteiger partial charge in [0.2, 0.25) is 0 Å². The molecule has 2 aromatic carbocycles. The van der Waals surface area contributed by atoms with E-state index in [0.29, 0.717) is 0 Å². The summed E-state index contributed by atoms with van der Waals surface area (Å²) in [7, 11) is 0. The van der Waals surface area contributed by atoms with Crippen LogP contribution in [0.3, 0.4) is 0 Å². The molecule has 0 saturated heterocycles. The summed E-state index contributed by atoms with van der Waals surface area (Å²) in [6, 6.07) is 15.3. The van der Waals surface area contributed by atoms with Gasteiger partial charge in [-0.1, -0.05) is 42.0 Å². The lowest BCUT2D eigenvalue weighted by atomic mass is 9.94. The Labute approximate surface area is 154 Å². The van der Waals surface area contributed by atoms with E-state index < -0.39 is 0 Å². The maximum Gasteiger partial charge on any atom is 0.188 e. The smallest absolute Gasteiger partial charge is 0.188 e. The van der Waals surface area contributed by atoms with Crippen molar-refractivity contribution in [1.82, 2.24) is 5.01 Å². The fourth-order valence-corrected chi connectivity index (χ4v) is 4.26. The van der Waals surface area contributed by atoms with Crippen molar-refractivity contribution in [2.45, 2.75) is 39.0 Å². The van der Waals surface area contributed by atoms with Crippen molar-refractivity contribution in [3.05, 3.63) is 64.7 Å². The molecule has 0 aliphatic carbocycles. The van der Waals surface area contributed by atoms with Crippen LogP contribution in [0.15, 0.2) is 47.6 Å². The molecule has 0 radical (unpaired) electrons. The number of hydrogen-bond acceptors (Lipinski definition) is 4. The van der Waals surface area contributed by atoms with Crippen molar-refractivity contribution in [2.75, 3.05) is 12.0 Å². The van der Waals surface area contributed by atoms with Crippen molar-refractivity contribution in [3.63, 3.8) is 0 Å². The van der Waals surface area contributed by atoms with Crippen molar-refractivity contribution >= 4 is 17.5 Å². The van der Waals surface area contributed by atoms with Crippen LogP contribution in [-0.4, -0.2) is 29.0 Å². The summed E-state index contributed by atoms with van der Waals surface area (Å²) in [5.41, 5.74) is 6.29. The van der Waals surface area contributed by atoms with E-state index in [2.05, 4.69) is 67.6 Å². The zero-order chi connectivity index (χ0) is 17.4. The Balaban J connectivity index is 1.71. The largest absolute Gasteiger partial charge is 0.469 e. The van der Waals surface area contributed by atoms with E-state index >= 15 is 0 Å². The van der Waals surface area contributed by atoms with Crippen LogP contribution in [-0.2, 0) is 0 Å². The van der Waals surface area contributed by atoms with Gasteiger partial charge in [0.25, 0.3) is 0 Å². The van der Waals surface area contributed by atoms with Gasteiger partial charge in [0.05, 0.1) is 11.8 Å². The molecule has 4 rings (SSSR count). The van der Waals surface area contributed by atoms with Crippen LogP contribution in [0.5, 0.6) is 5.75 Å². The predicted molar refractivity (Wildman–Crippen MR) is 106 cm³/mol. The summed E-state index contributed by atoms with van der Waals surface area (Å²) < 4.78 is 6.29. The van der Waals surface area contributed by atoms with Crippen LogP contribution in [0.4, 0.5) is 0 Å². The standard InChI is InChI=1S/C21H24N2OS/c1-14-8-9-16(15(2)12-14)18-13-19-17-6-4-5-7-20(17)24-21(10-11-25-3)23(19)22-18/h4-9,12,19,21H,10-11,13H2,1-3H3. The van der Waals surface area contributed by atoms with E-state index in [1.165, 1.54) is 28.0 Å². The first-order valence-electron chi connectivity index (χ1n) is 8.85. The molecular weight excluding hydrogens is 328 g/mol. The molecule has 2 heterocycles. The van der Waals surface area contributed by atoms with Crippen LogP contribution < -0.4 is 4.74 Å². The molecule has 2 unspecified atom stereocenters. The Morgan fingerprint density at radius 1 is 1.20 bits per heavy atom. The van der Waals surface area contributed by atoms with Crippen LogP contribution >= 0.6 is 11.8 Å². The molecule has 0 aromatic heterocycles. The van der Waals surface area contributed by atoms with Gasteiger partial charge in [-0.2, -0.15) is 16.9 Å². The number of nitrogens with zero attached hydrogens (tertiary/aromatic N) is 2. The first-order valence-corrected chi connectivity index (χ1v) is 10.2. The molecular formula is C21H24N2OS. The summed E-state index contributed by atoms with van der Waals surface area (Å²) in [6.07, 6.45) is 4.09. The van der Waals surface area contributed by atoms with E-state index in [0.717, 1.165) is 24.3 Å². The number of ether oxygens (including phenoxy) is 1. The Morgan fingerprint density at radius 2 is 2.04 bits per heavy atom. The van der Waals surface area contributed by atoms with E-state index in [9.17, 15) is 0 Å². The third-order valence-corrected chi connectivity index (χ3v) is 5.68. The molecule has 0 spiro atoms. The first-order chi connectivity index (χ1) is 12.2. The lowest BCUT2D eigenvalue weighted by molar-refractivity contribution is -0.0180. The second-order valence-electron chi connectivity index (χ2n) is 6.86. The number of benzene rings is 2. The lowest BCUT2D eigenvalue weighted by Gasteiger charge is -2.38. The average Bonchev–Trinajstić information content (AvgIpc) is 3.05. The van der Waals surface area contributed by atoms with Gasteiger partial charge in [-0.15, -0.1) is 0 Å². The highest BCUT2D eigenvalue weighted by Crippen LogP contribution is 2.43. The highest BCUT2D eigenvalue weighted by molar-refractivity contribution is 7.98. The number of rotatable bonds is 4. The molecule has 0 bridgehead atoms. The molecule has 25 heavy (non-hydrogen) atoms. The highest BCUT2D eigenvalue weighted by Gasteiger charge is 2.39. The third-order valence-electron chi connectivity index (χ3n) is 5.04. The molecule has 2 aliphatic heterocycles. The second-order valence-corrected chi connectivity index (χ2v) is 7.84. The van der Waals surface area contributed by atoms with Crippen LogP contribution in [0, 0.1) is 13.8 Å². The molecule has 4 heteroatoms. The fourth-order valence-electron chi connectivity index (χ4n) is 3.82. The summed E-state index contributed by atoms with van der Waals surface area (Å²) in [6.45, 7) is 4.32. The Hall–Kier alpha value is -1.94. The van der Waals surface area contributed by atoms with Gasteiger partial charge >= 0.3 is 0 Å². The van der Waals surface area contributed by atoms with Crippen LogP contribution in [0.2, 0.25) is 0 Å². The van der Waals surface area contributed by atoms with Gasteiger partial charge in [-0.3, -0.25) is 5.01 Å². The van der Waals surface area contributed by atoms with Crippen molar-refractivity contribution in [2.24, 2.45) is 5.10 Å². The van der Waals surface area contributed by atoms with E-state index in [-0.39, 0.29) is 12.3 Å². The molecule has 2 aromatic rings. The van der Waals surface area contributed by atoms with E-state index in [4.69, 9.17) is 9.84 Å². The Kier molecular flexibility index (Phi) is 4.46. The van der Waals surface area contributed by atoms with E-state index in [1.54, 1.807) is 0 Å². The number of para-hydroxylation sites is 1. The minimum absolute atomic E-state index is 0.0237. The summed E-state index contributed by atoms with van der Waals surface area (Å²) >= 11 is 1.86. The summed E-state index contributed by atoms with van der Waals surface area (Å²) in [4.78, 5) is 0. The molecule has 0 fully saturated rings. The molecule has 130 valence electrons. The molecule has 0 N–H and O–H groups in total. The van der Waals surface area contributed by atoms with Crippen LogP contribution in [0.25, 0.3) is 0 Å². The third kappa shape index (κ3) is 3.04. The summed E-state index contributed by atoms with van der Waals surface area (Å²) in [5.74, 6) is 2.09. The molecule has 2 aliphatic rings. The fraction of sp³-hybridized carbons (Fsp3) is 0.381. The zero-order valence-corrected chi connectivity index (χ0v) is 15.8. The van der Waals surface area contributed by atoms with Crippen molar-refractivity contribution < 1.29 is 4.74 Å². The SMILES string of the molecule is CSCCC1Oc2ccccc2C2CC(c3ccc(C)cc3C)=NN12. The van der Waals surface area contributed by atoms with Gasteiger partial charge in [0.15, 0.2) is 6.23 Å². The number of fused-ring (bicyclic) bond motifs is 3. The predicted octanol–water partition coefficient (Wildman–Crippen LogP) is 4.93. The second kappa shape index (κ2) is 6.75. The number of hydrogen-bond donors (Lipinski definition) is 0. The summed E-state index contributed by atoms with van der Waals surface area (Å²) in [5, 5.41) is 7.22. The van der Waals surface area contributed by atoms with Crippen molar-refractivity contribution in [1.29, 1.82) is 0 Å². The van der Waals surface area contributed by atoms with Gasteiger partial charge < -0.3 is 4.74 Å². The number of thioether (sulfide) groups is 1. The molecule has 2 atom stereocenters. The zero-order valence-electron chi connectivity index (χ0n) is 15.0. The lowest BCUT2D eigenvalue weighted by Crippen LogP contribution is -2.40. The monoisotopic (exact) mass is 352 g/mol. The minimum Gasteiger partial charge on any atom is -0.469 e. The van der Waals surface area contributed by atoms with Gasteiger partial charge in [0, 0.05) is 24.0 Å². The molecule has 3 nitrogen and oxygen atoms in total. The normalized spacial score (nSPS) is 21.4. The topological polar surface area (TPSA) is 24.8 Å². The average molecular weight is 353 g/mol. The molecule has 0 saturated carbocycles. The highest BCUT2D eigenvalue weighted by atomic mass is 32.2. The molecule has 0 amide bonds. The first kappa shape index (κ1) is 16.5. The van der Waals surface area contributed by atoms with Gasteiger partial charge in [-0.05, 0) is 37.5 Å². The number of hydrazone groups is 1. The maximum absolute atomic E-state index is 6.29. The quantitative estimate of drug-likeness (QED) is 0.780. The Morgan fingerprint density at radius 3 is 2.84 bits per heavy atom. The van der Waals surface area contributed by atoms with Crippen molar-refractivity contribution in [3.8, 4) is 5.75 Å². The van der Waals surface area contributed by atoms with E-state index in [1.807, 2.05) is 11.8 Å².